The third-order valence-corrected chi connectivity index (χ3v) is 5.42. The number of benzene rings is 2. The molecule has 7 heteroatoms. The van der Waals surface area contributed by atoms with E-state index in [9.17, 15) is 4.79 Å². The first-order valence-corrected chi connectivity index (χ1v) is 9.60. The van der Waals surface area contributed by atoms with Crippen molar-refractivity contribution in [2.24, 2.45) is 0 Å². The molecular weight excluding hydrogens is 374 g/mol. The molecule has 2 aromatic carbocycles. The maximum absolute atomic E-state index is 12.8. The molecule has 0 radical (unpaired) electrons. The molecule has 0 amide bonds. The van der Waals surface area contributed by atoms with Crippen LogP contribution in [0.5, 0.6) is 11.5 Å². The molecule has 2 aromatic heterocycles. The van der Waals surface area contributed by atoms with Crippen molar-refractivity contribution in [2.75, 3.05) is 14.2 Å². The minimum atomic E-state index is -0.0674. The van der Waals surface area contributed by atoms with E-state index in [2.05, 4.69) is 4.98 Å². The molecular formula is C21H19N3O3S. The number of thiazole rings is 1. The van der Waals surface area contributed by atoms with Crippen LogP contribution in [0.2, 0.25) is 0 Å². The van der Waals surface area contributed by atoms with E-state index in [1.54, 1.807) is 25.1 Å². The zero-order chi connectivity index (χ0) is 19.7. The second-order valence-electron chi connectivity index (χ2n) is 6.38. The van der Waals surface area contributed by atoms with Crippen LogP contribution in [0.25, 0.3) is 21.5 Å². The number of rotatable bonds is 5. The lowest BCUT2D eigenvalue weighted by Gasteiger charge is -2.10. The zero-order valence-electron chi connectivity index (χ0n) is 15.8. The lowest BCUT2D eigenvalue weighted by atomic mass is 10.2. The number of aryl methyl sites for hydroxylation is 1. The summed E-state index contributed by atoms with van der Waals surface area (Å²) in [4.78, 5) is 21.9. The molecule has 0 saturated carbocycles. The number of fused-ring (bicyclic) bond motifs is 1. The molecule has 0 atom stereocenters. The van der Waals surface area contributed by atoms with Crippen molar-refractivity contribution in [3.05, 3.63) is 69.7 Å². The van der Waals surface area contributed by atoms with E-state index < -0.39 is 0 Å². The van der Waals surface area contributed by atoms with Gasteiger partial charge in [-0.1, -0.05) is 17.7 Å². The monoisotopic (exact) mass is 393 g/mol. The van der Waals surface area contributed by atoms with Crippen LogP contribution in [0.1, 0.15) is 11.3 Å². The summed E-state index contributed by atoms with van der Waals surface area (Å²) in [7, 11) is 3.22. The highest BCUT2D eigenvalue weighted by atomic mass is 32.1. The second-order valence-corrected chi connectivity index (χ2v) is 7.24. The van der Waals surface area contributed by atoms with E-state index in [0.717, 1.165) is 21.8 Å². The Morgan fingerprint density at radius 2 is 2.00 bits per heavy atom. The lowest BCUT2D eigenvalue weighted by Crippen LogP contribution is -2.21. The number of hydrogen-bond acceptors (Lipinski definition) is 6. The highest BCUT2D eigenvalue weighted by Gasteiger charge is 2.15. The molecule has 142 valence electrons. The summed E-state index contributed by atoms with van der Waals surface area (Å²) < 4.78 is 12.5. The summed E-state index contributed by atoms with van der Waals surface area (Å²) in [6.07, 6.45) is 1.57. The fourth-order valence-electron chi connectivity index (χ4n) is 3.12. The molecule has 2 heterocycles. The molecule has 0 N–H and O–H groups in total. The van der Waals surface area contributed by atoms with Crippen LogP contribution in [0, 0.1) is 6.92 Å². The van der Waals surface area contributed by atoms with Gasteiger partial charge in [0.2, 0.25) is 0 Å². The fraction of sp³-hybridized carbons (Fsp3) is 0.190. The number of ether oxygens (including phenoxy) is 2. The Kier molecular flexibility index (Phi) is 4.83. The van der Waals surface area contributed by atoms with Crippen LogP contribution in [-0.4, -0.2) is 28.8 Å². The summed E-state index contributed by atoms with van der Waals surface area (Å²) in [5.74, 6) is 1.30. The third-order valence-electron chi connectivity index (χ3n) is 4.50. The molecule has 0 unspecified atom stereocenters. The Hall–Kier alpha value is -3.19. The average Bonchev–Trinajstić information content (AvgIpc) is 3.18. The smallest absolute Gasteiger partial charge is 0.261 e. The molecule has 4 aromatic rings. The Labute approximate surface area is 166 Å². The fourth-order valence-corrected chi connectivity index (χ4v) is 3.95. The maximum Gasteiger partial charge on any atom is 0.261 e. The third kappa shape index (κ3) is 3.25. The Bertz CT molecular complexity index is 1210. The van der Waals surface area contributed by atoms with Crippen LogP contribution in [-0.2, 0) is 6.54 Å². The quantitative estimate of drug-likeness (QED) is 0.515. The second kappa shape index (κ2) is 7.44. The molecule has 0 bridgehead atoms. The van der Waals surface area contributed by atoms with E-state index in [-0.39, 0.29) is 5.56 Å². The summed E-state index contributed by atoms with van der Waals surface area (Å²) in [5, 5.41) is 3.37. The van der Waals surface area contributed by atoms with Gasteiger partial charge >= 0.3 is 0 Å². The van der Waals surface area contributed by atoms with E-state index in [4.69, 9.17) is 14.5 Å². The van der Waals surface area contributed by atoms with Crippen LogP contribution >= 0.6 is 11.3 Å². The molecule has 0 aliphatic carbocycles. The summed E-state index contributed by atoms with van der Waals surface area (Å²) in [6.45, 7) is 2.32. The number of aromatic nitrogens is 3. The number of methoxy groups -OCH3 is 2. The predicted molar refractivity (Wildman–Crippen MR) is 110 cm³/mol. The minimum absolute atomic E-state index is 0.0674. The van der Waals surface area contributed by atoms with Gasteiger partial charge < -0.3 is 9.47 Å². The van der Waals surface area contributed by atoms with Gasteiger partial charge in [-0.15, -0.1) is 11.3 Å². The molecule has 6 nitrogen and oxygen atoms in total. The van der Waals surface area contributed by atoms with Gasteiger partial charge in [0.15, 0.2) is 11.5 Å². The molecule has 0 saturated heterocycles. The summed E-state index contributed by atoms with van der Waals surface area (Å²) in [6, 6.07) is 11.4. The van der Waals surface area contributed by atoms with Crippen molar-refractivity contribution < 1.29 is 9.47 Å². The standard InChI is InChI=1S/C21H19N3O3S/c1-13-7-8-17-16(9-13)21(25)24(12-22-17)10-14-11-28-20(23-14)15-5-4-6-18(26-2)19(15)27-3/h4-9,11-12H,10H2,1-3H3. The first kappa shape index (κ1) is 18.2. The van der Waals surface area contributed by atoms with Gasteiger partial charge in [0.05, 0.1) is 49.3 Å². The first-order chi connectivity index (χ1) is 13.6. The van der Waals surface area contributed by atoms with Gasteiger partial charge in [0.1, 0.15) is 5.01 Å². The molecule has 28 heavy (non-hydrogen) atoms. The van der Waals surface area contributed by atoms with Crippen molar-refractivity contribution in [3.63, 3.8) is 0 Å². The molecule has 0 aliphatic heterocycles. The Morgan fingerprint density at radius 1 is 1.14 bits per heavy atom. The van der Waals surface area contributed by atoms with E-state index >= 15 is 0 Å². The van der Waals surface area contributed by atoms with Crippen molar-refractivity contribution in [1.82, 2.24) is 14.5 Å². The molecule has 0 aliphatic rings. The van der Waals surface area contributed by atoms with Gasteiger partial charge in [-0.3, -0.25) is 9.36 Å². The summed E-state index contributed by atoms with van der Waals surface area (Å²) in [5.41, 5.74) is 3.32. The highest BCUT2D eigenvalue weighted by Crippen LogP contribution is 2.38. The van der Waals surface area contributed by atoms with Crippen LogP contribution in [0.15, 0.2) is 52.9 Å². The highest BCUT2D eigenvalue weighted by molar-refractivity contribution is 7.13. The lowest BCUT2D eigenvalue weighted by molar-refractivity contribution is 0.356. The first-order valence-electron chi connectivity index (χ1n) is 8.72. The Balaban J connectivity index is 1.69. The van der Waals surface area contributed by atoms with Crippen LogP contribution in [0.3, 0.4) is 0 Å². The van der Waals surface area contributed by atoms with E-state index in [1.807, 2.05) is 48.7 Å². The van der Waals surface area contributed by atoms with Crippen molar-refractivity contribution >= 4 is 22.2 Å². The van der Waals surface area contributed by atoms with Gasteiger partial charge in [-0.2, -0.15) is 0 Å². The topological polar surface area (TPSA) is 66.2 Å². The number of para-hydroxylation sites is 1. The van der Waals surface area contributed by atoms with Crippen LogP contribution < -0.4 is 15.0 Å². The minimum Gasteiger partial charge on any atom is -0.493 e. The SMILES string of the molecule is COc1cccc(-c2nc(Cn3cnc4ccc(C)cc4c3=O)cs2)c1OC. The van der Waals surface area contributed by atoms with Crippen molar-refractivity contribution in [2.45, 2.75) is 13.5 Å². The maximum atomic E-state index is 12.8. The molecule has 0 fully saturated rings. The molecule has 0 spiro atoms. The zero-order valence-corrected chi connectivity index (χ0v) is 16.6. The molecule has 4 rings (SSSR count). The largest absolute Gasteiger partial charge is 0.493 e. The number of nitrogens with zero attached hydrogens (tertiary/aromatic N) is 3. The predicted octanol–water partition coefficient (Wildman–Crippen LogP) is 3.89. The Morgan fingerprint density at radius 3 is 2.79 bits per heavy atom. The van der Waals surface area contributed by atoms with Crippen LogP contribution in [0.4, 0.5) is 0 Å². The van der Waals surface area contributed by atoms with Crippen molar-refractivity contribution in [3.8, 4) is 22.1 Å². The van der Waals surface area contributed by atoms with E-state index in [0.29, 0.717) is 28.9 Å². The van der Waals surface area contributed by atoms with Gasteiger partial charge in [-0.05, 0) is 31.2 Å². The van der Waals surface area contributed by atoms with Gasteiger partial charge in [0, 0.05) is 5.38 Å². The van der Waals surface area contributed by atoms with Gasteiger partial charge in [-0.25, -0.2) is 9.97 Å². The van der Waals surface area contributed by atoms with E-state index in [1.165, 1.54) is 11.3 Å². The average molecular weight is 393 g/mol. The number of hydrogen-bond donors (Lipinski definition) is 0. The van der Waals surface area contributed by atoms with Gasteiger partial charge in [0.25, 0.3) is 5.56 Å². The normalized spacial score (nSPS) is 11.0. The summed E-state index contributed by atoms with van der Waals surface area (Å²) >= 11 is 1.50. The van der Waals surface area contributed by atoms with Crippen molar-refractivity contribution in [1.29, 1.82) is 0 Å².